The van der Waals surface area contributed by atoms with Crippen molar-refractivity contribution in [3.05, 3.63) is 59.7 Å². The van der Waals surface area contributed by atoms with Crippen molar-refractivity contribution in [2.75, 3.05) is 0 Å². The van der Waals surface area contributed by atoms with Gasteiger partial charge in [0, 0.05) is 0 Å². The van der Waals surface area contributed by atoms with Gasteiger partial charge < -0.3 is 0 Å². The van der Waals surface area contributed by atoms with E-state index in [1.807, 2.05) is 0 Å². The Balaban J connectivity index is 2.46. The summed E-state index contributed by atoms with van der Waals surface area (Å²) in [6.45, 7) is 6.64. The first-order valence-electron chi connectivity index (χ1n) is 7.58. The zero-order chi connectivity index (χ0) is 14.4. The van der Waals surface area contributed by atoms with Gasteiger partial charge in [0.05, 0.1) is 0 Å². The molecule has 0 saturated carbocycles. The van der Waals surface area contributed by atoms with Crippen LogP contribution in [0.5, 0.6) is 0 Å². The van der Waals surface area contributed by atoms with Gasteiger partial charge in [0.1, 0.15) is 0 Å². The van der Waals surface area contributed by atoms with Crippen molar-refractivity contribution < 1.29 is 0 Å². The number of hydrogen-bond acceptors (Lipinski definition) is 0. The number of fused-ring (bicyclic) bond motifs is 1. The van der Waals surface area contributed by atoms with Gasteiger partial charge in [-0.2, -0.15) is 0 Å². The molecule has 0 atom stereocenters. The summed E-state index contributed by atoms with van der Waals surface area (Å²) in [6, 6.07) is 13.2. The number of hydrogen-bond donors (Lipinski definition) is 0. The average Bonchev–Trinajstić information content (AvgIpc) is 2.45. The van der Waals surface area contributed by atoms with Crippen molar-refractivity contribution in [3.63, 3.8) is 0 Å². The fraction of sp³-hybridized carbons (Fsp3) is 0.300. The summed E-state index contributed by atoms with van der Waals surface area (Å²) in [5.74, 6) is 0.578. The highest BCUT2D eigenvalue weighted by molar-refractivity contribution is 5.88. The second-order valence-corrected chi connectivity index (χ2v) is 5.62. The lowest BCUT2D eigenvalue weighted by Crippen LogP contribution is -1.85. The summed E-state index contributed by atoms with van der Waals surface area (Å²) in [6.07, 6.45) is 11.4. The van der Waals surface area contributed by atoms with E-state index in [2.05, 4.69) is 81.5 Å². The largest absolute Gasteiger partial charge is 0.0839 e. The highest BCUT2D eigenvalue weighted by Crippen LogP contribution is 2.23. The minimum atomic E-state index is 0.578. The third kappa shape index (κ3) is 3.84. The predicted octanol–water partition coefficient (Wildman–Crippen LogP) is 6.32. The first-order valence-corrected chi connectivity index (χ1v) is 7.58. The van der Waals surface area contributed by atoms with Crippen LogP contribution in [0.3, 0.4) is 0 Å². The van der Waals surface area contributed by atoms with E-state index in [-0.39, 0.29) is 0 Å². The maximum atomic E-state index is 2.29. The summed E-state index contributed by atoms with van der Waals surface area (Å²) in [7, 11) is 0. The molecule has 0 amide bonds. The maximum Gasteiger partial charge on any atom is -0.0178 e. The number of allylic oxidation sites excluding steroid dienone is 2. The van der Waals surface area contributed by atoms with Gasteiger partial charge in [0.2, 0.25) is 0 Å². The molecule has 0 fully saturated rings. The molecule has 2 aromatic carbocycles. The van der Waals surface area contributed by atoms with E-state index in [4.69, 9.17) is 0 Å². The van der Waals surface area contributed by atoms with Crippen LogP contribution in [0.25, 0.3) is 22.9 Å². The van der Waals surface area contributed by atoms with Gasteiger partial charge in [-0.3, -0.25) is 0 Å². The van der Waals surface area contributed by atoms with Gasteiger partial charge in [0.25, 0.3) is 0 Å². The van der Waals surface area contributed by atoms with Gasteiger partial charge in [-0.15, -0.1) is 0 Å². The van der Waals surface area contributed by atoms with Crippen molar-refractivity contribution >= 4 is 22.9 Å². The quantitative estimate of drug-likeness (QED) is 0.592. The molecule has 0 heterocycles. The van der Waals surface area contributed by atoms with Gasteiger partial charge in [-0.25, -0.2) is 0 Å². The van der Waals surface area contributed by atoms with Crippen LogP contribution >= 0.6 is 0 Å². The molecule has 0 spiro atoms. The topological polar surface area (TPSA) is 0 Å². The smallest absolute Gasteiger partial charge is 0.0178 e. The molecule has 0 aromatic heterocycles. The van der Waals surface area contributed by atoms with E-state index in [9.17, 15) is 0 Å². The van der Waals surface area contributed by atoms with Gasteiger partial charge in [0.15, 0.2) is 0 Å². The van der Waals surface area contributed by atoms with Crippen LogP contribution in [0.15, 0.2) is 48.6 Å². The molecule has 0 saturated heterocycles. The van der Waals surface area contributed by atoms with Crippen molar-refractivity contribution in [1.29, 1.82) is 0 Å². The molecule has 0 bridgehead atoms. The van der Waals surface area contributed by atoms with Gasteiger partial charge in [-0.1, -0.05) is 75.8 Å². The molecule has 0 aliphatic heterocycles. The molecule has 0 aliphatic carbocycles. The van der Waals surface area contributed by atoms with Crippen molar-refractivity contribution in [2.45, 2.75) is 33.6 Å². The summed E-state index contributed by atoms with van der Waals surface area (Å²) in [5.41, 5.74) is 2.62. The Hall–Kier alpha value is -1.82. The molecule has 0 aliphatic rings. The molecule has 0 N–H and O–H groups in total. The van der Waals surface area contributed by atoms with E-state index < -0.39 is 0 Å². The monoisotopic (exact) mass is 264 g/mol. The van der Waals surface area contributed by atoms with E-state index in [1.54, 1.807) is 0 Å². The third-order valence-electron chi connectivity index (χ3n) is 3.36. The first kappa shape index (κ1) is 14.6. The normalized spacial score (nSPS) is 12.2. The lowest BCUT2D eigenvalue weighted by Gasteiger charge is -2.06. The molecule has 0 unspecified atom stereocenters. The lowest BCUT2D eigenvalue weighted by atomic mass is 9.99. The van der Waals surface area contributed by atoms with Gasteiger partial charge in [-0.05, 0) is 46.4 Å². The Kier molecular flexibility index (Phi) is 5.17. The second-order valence-electron chi connectivity index (χ2n) is 5.62. The van der Waals surface area contributed by atoms with Crippen LogP contribution in [0, 0.1) is 5.92 Å². The Labute approximate surface area is 122 Å². The Bertz CT molecular complexity index is 615. The Morgan fingerprint density at radius 3 is 2.10 bits per heavy atom. The highest BCUT2D eigenvalue weighted by atomic mass is 14.0. The Morgan fingerprint density at radius 1 is 0.950 bits per heavy atom. The van der Waals surface area contributed by atoms with Gasteiger partial charge >= 0.3 is 0 Å². The molecule has 0 nitrogen and oxygen atoms in total. The van der Waals surface area contributed by atoms with E-state index in [1.165, 1.54) is 28.3 Å². The fourth-order valence-electron chi connectivity index (χ4n) is 2.24. The summed E-state index contributed by atoms with van der Waals surface area (Å²) >= 11 is 0. The zero-order valence-electron chi connectivity index (χ0n) is 12.8. The first-order chi connectivity index (χ1) is 9.70. The van der Waals surface area contributed by atoms with Crippen LogP contribution in [-0.2, 0) is 0 Å². The molecule has 0 heteroatoms. The molecule has 0 radical (unpaired) electrons. The fourth-order valence-corrected chi connectivity index (χ4v) is 2.24. The molecular weight excluding hydrogens is 240 g/mol. The molecule has 104 valence electrons. The number of benzene rings is 2. The van der Waals surface area contributed by atoms with Crippen LogP contribution in [-0.4, -0.2) is 0 Å². The van der Waals surface area contributed by atoms with E-state index in [0.717, 1.165) is 6.42 Å². The van der Waals surface area contributed by atoms with E-state index in [0.29, 0.717) is 5.92 Å². The van der Waals surface area contributed by atoms with Crippen LogP contribution in [0.1, 0.15) is 44.7 Å². The minimum Gasteiger partial charge on any atom is -0.0839 e. The molecule has 2 rings (SSSR count). The summed E-state index contributed by atoms with van der Waals surface area (Å²) in [4.78, 5) is 0. The zero-order valence-corrected chi connectivity index (χ0v) is 12.8. The molecular formula is C20H24. The molecule has 20 heavy (non-hydrogen) atoms. The maximum absolute atomic E-state index is 2.29. The average molecular weight is 264 g/mol. The molecule has 2 aromatic rings. The third-order valence-corrected chi connectivity index (χ3v) is 3.36. The van der Waals surface area contributed by atoms with Crippen molar-refractivity contribution in [3.8, 4) is 0 Å². The number of unbranched alkanes of at least 4 members (excludes halogenated alkanes) is 1. The van der Waals surface area contributed by atoms with E-state index >= 15 is 0 Å². The predicted molar refractivity (Wildman–Crippen MR) is 91.8 cm³/mol. The second kappa shape index (κ2) is 7.09. The summed E-state index contributed by atoms with van der Waals surface area (Å²) < 4.78 is 0. The van der Waals surface area contributed by atoms with Crippen LogP contribution in [0.2, 0.25) is 0 Å². The lowest BCUT2D eigenvalue weighted by molar-refractivity contribution is 0.836. The highest BCUT2D eigenvalue weighted by Gasteiger charge is 2.00. The van der Waals surface area contributed by atoms with Crippen molar-refractivity contribution in [1.82, 2.24) is 0 Å². The Morgan fingerprint density at radius 2 is 1.55 bits per heavy atom. The van der Waals surface area contributed by atoms with Crippen LogP contribution < -0.4 is 0 Å². The SMILES string of the molecule is CCC/C=C\c1cc2ccccc2cc1/C=C\C(C)C. The number of rotatable bonds is 5. The summed E-state index contributed by atoms with van der Waals surface area (Å²) in [5, 5.41) is 2.62. The van der Waals surface area contributed by atoms with Crippen LogP contribution in [0.4, 0.5) is 0 Å². The minimum absolute atomic E-state index is 0.578. The van der Waals surface area contributed by atoms with Crippen molar-refractivity contribution in [2.24, 2.45) is 5.92 Å². The standard InChI is InChI=1S/C20H24/c1-4-5-6-9-19-14-17-10-7-8-11-18(17)15-20(19)13-12-16(2)3/h6-16H,4-5H2,1-3H3/b9-6-,13-12-.